The fourth-order valence-corrected chi connectivity index (χ4v) is 2.43. The minimum absolute atomic E-state index is 0.161. The number of hydrogen-bond acceptors (Lipinski definition) is 3. The van der Waals surface area contributed by atoms with Crippen molar-refractivity contribution in [3.05, 3.63) is 0 Å². The molecule has 0 aliphatic rings. The smallest absolute Gasteiger partial charge is 0.0558 e. The van der Waals surface area contributed by atoms with Gasteiger partial charge in [-0.3, -0.25) is 4.90 Å². The molecule has 0 aromatic rings. The highest BCUT2D eigenvalue weighted by Gasteiger charge is 2.26. The van der Waals surface area contributed by atoms with Crippen LogP contribution < -0.4 is 5.32 Å². The first-order chi connectivity index (χ1) is 8.65. The van der Waals surface area contributed by atoms with Crippen LogP contribution in [-0.2, 0) is 0 Å². The summed E-state index contributed by atoms with van der Waals surface area (Å²) < 4.78 is 0. The first-order valence-corrected chi connectivity index (χ1v) is 7.75. The molecule has 0 fully saturated rings. The lowest BCUT2D eigenvalue weighted by Crippen LogP contribution is -2.49. The molecule has 0 aliphatic carbocycles. The van der Waals surface area contributed by atoms with Crippen molar-refractivity contribution in [2.45, 2.75) is 72.9 Å². The summed E-state index contributed by atoms with van der Waals surface area (Å²) >= 11 is 0. The third-order valence-corrected chi connectivity index (χ3v) is 3.57. The van der Waals surface area contributed by atoms with E-state index in [1.54, 1.807) is 0 Å². The van der Waals surface area contributed by atoms with Gasteiger partial charge in [0.05, 0.1) is 6.61 Å². The van der Waals surface area contributed by atoms with Gasteiger partial charge in [0, 0.05) is 31.2 Å². The first kappa shape index (κ1) is 18.9. The fourth-order valence-electron chi connectivity index (χ4n) is 2.43. The highest BCUT2D eigenvalue weighted by atomic mass is 16.3. The summed E-state index contributed by atoms with van der Waals surface area (Å²) in [5.74, 6) is 0. The van der Waals surface area contributed by atoms with Gasteiger partial charge < -0.3 is 10.4 Å². The first-order valence-electron chi connectivity index (χ1n) is 7.75. The van der Waals surface area contributed by atoms with Crippen LogP contribution in [0, 0.1) is 5.41 Å². The summed E-state index contributed by atoms with van der Waals surface area (Å²) in [6.45, 7) is 18.8. The highest BCUT2D eigenvalue weighted by Crippen LogP contribution is 2.20. The molecule has 0 aliphatic heterocycles. The SMILES string of the molecule is CCC(CC)N(CCO)CC(C)(C)CNC(C)(C)C. The van der Waals surface area contributed by atoms with Crippen molar-refractivity contribution in [3.8, 4) is 0 Å². The molecule has 0 spiro atoms. The van der Waals surface area contributed by atoms with Gasteiger partial charge in [0.15, 0.2) is 0 Å². The fraction of sp³-hybridized carbons (Fsp3) is 1.00. The van der Waals surface area contributed by atoms with E-state index in [-0.39, 0.29) is 17.6 Å². The van der Waals surface area contributed by atoms with Gasteiger partial charge >= 0.3 is 0 Å². The molecule has 0 bridgehead atoms. The second-order valence-electron chi connectivity index (χ2n) is 7.43. The maximum absolute atomic E-state index is 9.28. The quantitative estimate of drug-likeness (QED) is 0.677. The van der Waals surface area contributed by atoms with Crippen molar-refractivity contribution >= 4 is 0 Å². The van der Waals surface area contributed by atoms with Gasteiger partial charge in [-0.15, -0.1) is 0 Å². The lowest BCUT2D eigenvalue weighted by Gasteiger charge is -2.38. The molecule has 0 unspecified atom stereocenters. The zero-order valence-electron chi connectivity index (χ0n) is 14.2. The van der Waals surface area contributed by atoms with Crippen LogP contribution in [0.4, 0.5) is 0 Å². The van der Waals surface area contributed by atoms with Crippen molar-refractivity contribution in [2.24, 2.45) is 5.41 Å². The Kier molecular flexibility index (Phi) is 8.18. The van der Waals surface area contributed by atoms with Crippen LogP contribution in [0.2, 0.25) is 0 Å². The Morgan fingerprint density at radius 1 is 1.05 bits per heavy atom. The van der Waals surface area contributed by atoms with Gasteiger partial charge in [-0.05, 0) is 39.0 Å². The molecule has 2 N–H and O–H groups in total. The Bertz CT molecular complexity index is 229. The molecule has 116 valence electrons. The molecule has 0 atom stereocenters. The van der Waals surface area contributed by atoms with Gasteiger partial charge in [0.2, 0.25) is 0 Å². The maximum atomic E-state index is 9.28. The lowest BCUT2D eigenvalue weighted by molar-refractivity contribution is 0.0938. The average molecular weight is 272 g/mol. The van der Waals surface area contributed by atoms with E-state index in [2.05, 4.69) is 58.7 Å². The summed E-state index contributed by atoms with van der Waals surface area (Å²) in [6.07, 6.45) is 2.30. The summed E-state index contributed by atoms with van der Waals surface area (Å²) in [7, 11) is 0. The third-order valence-electron chi connectivity index (χ3n) is 3.57. The third kappa shape index (κ3) is 8.61. The predicted octanol–water partition coefficient (Wildman–Crippen LogP) is 2.88. The molecule has 0 amide bonds. The van der Waals surface area contributed by atoms with Crippen molar-refractivity contribution in [1.29, 1.82) is 0 Å². The van der Waals surface area contributed by atoms with E-state index >= 15 is 0 Å². The van der Waals surface area contributed by atoms with Crippen LogP contribution in [0.15, 0.2) is 0 Å². The van der Waals surface area contributed by atoms with E-state index in [4.69, 9.17) is 0 Å². The van der Waals surface area contributed by atoms with Gasteiger partial charge in [-0.1, -0.05) is 27.7 Å². The van der Waals surface area contributed by atoms with Crippen LogP contribution in [0.25, 0.3) is 0 Å². The topological polar surface area (TPSA) is 35.5 Å². The van der Waals surface area contributed by atoms with Crippen LogP contribution in [-0.4, -0.2) is 47.8 Å². The van der Waals surface area contributed by atoms with Crippen molar-refractivity contribution < 1.29 is 5.11 Å². The molecule has 19 heavy (non-hydrogen) atoms. The lowest BCUT2D eigenvalue weighted by atomic mass is 9.90. The molecular formula is C16H36N2O. The van der Waals surface area contributed by atoms with E-state index in [1.165, 1.54) is 0 Å². The number of hydrogen-bond donors (Lipinski definition) is 2. The molecular weight excluding hydrogens is 236 g/mol. The molecule has 0 rings (SSSR count). The van der Waals surface area contributed by atoms with Crippen LogP contribution >= 0.6 is 0 Å². The van der Waals surface area contributed by atoms with E-state index in [0.717, 1.165) is 32.5 Å². The molecule has 3 heteroatoms. The molecule has 0 heterocycles. The van der Waals surface area contributed by atoms with Crippen molar-refractivity contribution in [1.82, 2.24) is 10.2 Å². The van der Waals surface area contributed by atoms with Crippen LogP contribution in [0.1, 0.15) is 61.3 Å². The minimum Gasteiger partial charge on any atom is -0.395 e. The Labute approximate surface area is 120 Å². The molecule has 3 nitrogen and oxygen atoms in total. The predicted molar refractivity (Wildman–Crippen MR) is 84.6 cm³/mol. The van der Waals surface area contributed by atoms with Crippen LogP contribution in [0.5, 0.6) is 0 Å². The van der Waals surface area contributed by atoms with Crippen molar-refractivity contribution in [2.75, 3.05) is 26.2 Å². The summed E-state index contributed by atoms with van der Waals surface area (Å²) in [4.78, 5) is 2.45. The largest absolute Gasteiger partial charge is 0.395 e. The van der Waals surface area contributed by atoms with Crippen LogP contribution in [0.3, 0.4) is 0 Å². The van der Waals surface area contributed by atoms with Gasteiger partial charge in [0.1, 0.15) is 0 Å². The normalized spacial score (nSPS) is 13.6. The standard InChI is InChI=1S/C16H36N2O/c1-8-14(9-2)18(10-11-19)13-16(6,7)12-17-15(3,4)5/h14,17,19H,8-13H2,1-7H3. The molecule has 0 aromatic heterocycles. The van der Waals surface area contributed by atoms with Crippen molar-refractivity contribution in [3.63, 3.8) is 0 Å². The van der Waals surface area contributed by atoms with E-state index in [9.17, 15) is 5.11 Å². The van der Waals surface area contributed by atoms with E-state index in [0.29, 0.717) is 6.04 Å². The number of aliphatic hydroxyl groups is 1. The summed E-state index contributed by atoms with van der Waals surface area (Å²) in [5, 5.41) is 12.9. The van der Waals surface area contributed by atoms with E-state index < -0.39 is 0 Å². The second-order valence-corrected chi connectivity index (χ2v) is 7.43. The monoisotopic (exact) mass is 272 g/mol. The van der Waals surface area contributed by atoms with Gasteiger partial charge in [-0.25, -0.2) is 0 Å². The molecule has 0 radical (unpaired) electrons. The molecule has 0 aromatic carbocycles. The Hall–Kier alpha value is -0.120. The number of rotatable bonds is 9. The zero-order chi connectivity index (χ0) is 15.1. The van der Waals surface area contributed by atoms with E-state index in [1.807, 2.05) is 0 Å². The Morgan fingerprint density at radius 2 is 1.58 bits per heavy atom. The summed E-state index contributed by atoms with van der Waals surface area (Å²) in [5.41, 5.74) is 0.374. The Balaban J connectivity index is 4.54. The zero-order valence-corrected chi connectivity index (χ0v) is 14.2. The van der Waals surface area contributed by atoms with Gasteiger partial charge in [-0.2, -0.15) is 0 Å². The number of nitrogens with one attached hydrogen (secondary N) is 1. The number of nitrogens with zero attached hydrogens (tertiary/aromatic N) is 1. The Morgan fingerprint density at radius 3 is 1.95 bits per heavy atom. The second kappa shape index (κ2) is 8.23. The minimum atomic E-state index is 0.161. The highest BCUT2D eigenvalue weighted by molar-refractivity contribution is 4.83. The summed E-state index contributed by atoms with van der Waals surface area (Å²) in [6, 6.07) is 0.584. The molecule has 0 saturated carbocycles. The number of aliphatic hydroxyl groups excluding tert-OH is 1. The molecule has 0 saturated heterocycles. The maximum Gasteiger partial charge on any atom is 0.0558 e. The average Bonchev–Trinajstić information content (AvgIpc) is 2.27. The van der Waals surface area contributed by atoms with Gasteiger partial charge in [0.25, 0.3) is 0 Å².